The third-order valence-corrected chi connectivity index (χ3v) is 11.6. The number of ether oxygens (including phenoxy) is 3. The van der Waals surface area contributed by atoms with Gasteiger partial charge in [-0.05, 0) is 96.3 Å². The Labute approximate surface area is 378 Å². The first-order valence-electron chi connectivity index (χ1n) is 26.5. The molecule has 0 aliphatic carbocycles. The van der Waals surface area contributed by atoms with Gasteiger partial charge in [0.2, 0.25) is 0 Å². The highest BCUT2D eigenvalue weighted by Crippen LogP contribution is 2.15. The van der Waals surface area contributed by atoms with Crippen LogP contribution in [-0.2, 0) is 28.6 Å². The van der Waals surface area contributed by atoms with Crippen molar-refractivity contribution in [2.75, 3.05) is 13.2 Å². The Morgan fingerprint density at radius 2 is 0.541 bits per heavy atom. The van der Waals surface area contributed by atoms with E-state index in [0.717, 1.165) is 77.0 Å². The summed E-state index contributed by atoms with van der Waals surface area (Å²) in [4.78, 5) is 37.9. The lowest BCUT2D eigenvalue weighted by Gasteiger charge is -2.18. The average Bonchev–Trinajstić information content (AvgIpc) is 3.26. The van der Waals surface area contributed by atoms with Gasteiger partial charge in [-0.15, -0.1) is 0 Å². The zero-order chi connectivity index (χ0) is 44.4. The topological polar surface area (TPSA) is 78.9 Å². The Balaban J connectivity index is 4.31. The Hall–Kier alpha value is -2.37. The Morgan fingerprint density at radius 1 is 0.311 bits per heavy atom. The van der Waals surface area contributed by atoms with E-state index in [1.54, 1.807) is 0 Å². The first kappa shape index (κ1) is 58.6. The predicted molar refractivity (Wildman–Crippen MR) is 261 cm³/mol. The minimum atomic E-state index is -0.777. The monoisotopic (exact) mass is 857 g/mol. The minimum absolute atomic E-state index is 0.0776. The number of rotatable bonds is 48. The van der Waals surface area contributed by atoms with E-state index >= 15 is 0 Å². The average molecular weight is 857 g/mol. The van der Waals surface area contributed by atoms with Gasteiger partial charge in [0.1, 0.15) is 13.2 Å². The van der Waals surface area contributed by atoms with Crippen LogP contribution in [0.2, 0.25) is 0 Å². The van der Waals surface area contributed by atoms with Crippen LogP contribution in [-0.4, -0.2) is 37.2 Å². The van der Waals surface area contributed by atoms with Gasteiger partial charge in [0.15, 0.2) is 6.10 Å². The van der Waals surface area contributed by atoms with Crippen LogP contribution in [0.4, 0.5) is 0 Å². The summed E-state index contributed by atoms with van der Waals surface area (Å²) in [6, 6.07) is 0. The van der Waals surface area contributed by atoms with Gasteiger partial charge in [-0.1, -0.05) is 198 Å². The molecule has 356 valence electrons. The third-order valence-electron chi connectivity index (χ3n) is 11.6. The minimum Gasteiger partial charge on any atom is -0.462 e. The molecule has 61 heavy (non-hydrogen) atoms. The first-order valence-corrected chi connectivity index (χ1v) is 26.5. The van der Waals surface area contributed by atoms with E-state index in [1.165, 1.54) is 161 Å². The number of allylic oxidation sites excluding steroid dienone is 6. The smallest absolute Gasteiger partial charge is 0.306 e. The summed E-state index contributed by atoms with van der Waals surface area (Å²) in [6.07, 6.45) is 58.4. The zero-order valence-electron chi connectivity index (χ0n) is 40.7. The van der Waals surface area contributed by atoms with Crippen molar-refractivity contribution in [2.24, 2.45) is 0 Å². The van der Waals surface area contributed by atoms with Crippen LogP contribution in [0.1, 0.15) is 278 Å². The molecule has 0 saturated heterocycles. The standard InChI is InChI=1S/C55H100O6/c1-4-7-10-13-16-19-22-25-26-27-28-29-30-31-34-36-39-42-45-48-54(57)60-51-52(61-55(58)49-46-43-40-37-33-24-21-18-15-12-9-6-3)50-59-53(56)47-44-41-38-35-32-23-20-17-14-11-8-5-2/h17-18,20-21,25-26,52H,4-16,19,22-24,27-51H2,1-3H3/b20-17-,21-18-,26-25-. The van der Waals surface area contributed by atoms with Crippen molar-refractivity contribution in [1.29, 1.82) is 0 Å². The fourth-order valence-corrected chi connectivity index (χ4v) is 7.54. The molecule has 0 aromatic heterocycles. The van der Waals surface area contributed by atoms with Crippen LogP contribution >= 0.6 is 0 Å². The highest BCUT2D eigenvalue weighted by Gasteiger charge is 2.19. The summed E-state index contributed by atoms with van der Waals surface area (Å²) in [5.41, 5.74) is 0. The van der Waals surface area contributed by atoms with E-state index in [1.807, 2.05) is 0 Å². The van der Waals surface area contributed by atoms with Gasteiger partial charge in [-0.3, -0.25) is 14.4 Å². The summed E-state index contributed by atoms with van der Waals surface area (Å²) < 4.78 is 16.8. The van der Waals surface area contributed by atoms with E-state index in [0.29, 0.717) is 19.3 Å². The van der Waals surface area contributed by atoms with Crippen molar-refractivity contribution in [3.05, 3.63) is 36.5 Å². The van der Waals surface area contributed by atoms with Crippen molar-refractivity contribution in [1.82, 2.24) is 0 Å². The molecular formula is C55H100O6. The van der Waals surface area contributed by atoms with Crippen molar-refractivity contribution >= 4 is 17.9 Å². The molecular weight excluding hydrogens is 757 g/mol. The molecule has 0 amide bonds. The van der Waals surface area contributed by atoms with Crippen LogP contribution in [0.5, 0.6) is 0 Å². The molecule has 0 bridgehead atoms. The Bertz CT molecular complexity index is 1030. The molecule has 0 rings (SSSR count). The fourth-order valence-electron chi connectivity index (χ4n) is 7.54. The lowest BCUT2D eigenvalue weighted by Crippen LogP contribution is -2.30. The molecule has 0 aliphatic heterocycles. The maximum absolute atomic E-state index is 12.8. The van der Waals surface area contributed by atoms with Crippen LogP contribution in [0.3, 0.4) is 0 Å². The van der Waals surface area contributed by atoms with Gasteiger partial charge in [-0.2, -0.15) is 0 Å². The Morgan fingerprint density at radius 3 is 0.852 bits per heavy atom. The van der Waals surface area contributed by atoms with Gasteiger partial charge in [-0.25, -0.2) is 0 Å². The number of esters is 3. The second-order valence-corrected chi connectivity index (χ2v) is 17.8. The quantitative estimate of drug-likeness (QED) is 0.0262. The van der Waals surface area contributed by atoms with E-state index in [-0.39, 0.29) is 31.1 Å². The maximum atomic E-state index is 12.8. The molecule has 6 nitrogen and oxygen atoms in total. The van der Waals surface area contributed by atoms with E-state index in [4.69, 9.17) is 14.2 Å². The summed E-state index contributed by atoms with van der Waals surface area (Å²) in [6.45, 7) is 6.59. The second kappa shape index (κ2) is 50.3. The highest BCUT2D eigenvalue weighted by atomic mass is 16.6. The van der Waals surface area contributed by atoms with Crippen LogP contribution in [0.25, 0.3) is 0 Å². The number of unbranched alkanes of at least 4 members (excludes halogenated alkanes) is 31. The molecule has 1 unspecified atom stereocenters. The van der Waals surface area contributed by atoms with Crippen LogP contribution in [0.15, 0.2) is 36.5 Å². The molecule has 0 spiro atoms. The molecule has 6 heteroatoms. The summed E-state index contributed by atoms with van der Waals surface area (Å²) in [5, 5.41) is 0. The first-order chi connectivity index (χ1) is 30.0. The largest absolute Gasteiger partial charge is 0.462 e. The van der Waals surface area contributed by atoms with Gasteiger partial charge in [0.25, 0.3) is 0 Å². The molecule has 0 N–H and O–H groups in total. The van der Waals surface area contributed by atoms with Gasteiger partial charge >= 0.3 is 17.9 Å². The molecule has 0 aromatic rings. The van der Waals surface area contributed by atoms with Crippen molar-refractivity contribution < 1.29 is 28.6 Å². The maximum Gasteiger partial charge on any atom is 0.306 e. The fraction of sp³-hybridized carbons (Fsp3) is 0.836. The van der Waals surface area contributed by atoms with Gasteiger partial charge in [0, 0.05) is 19.3 Å². The lowest BCUT2D eigenvalue weighted by molar-refractivity contribution is -0.167. The number of carbonyl (C=O) groups is 3. The highest BCUT2D eigenvalue weighted by molar-refractivity contribution is 5.71. The van der Waals surface area contributed by atoms with Crippen molar-refractivity contribution in [3.63, 3.8) is 0 Å². The van der Waals surface area contributed by atoms with Gasteiger partial charge in [0.05, 0.1) is 0 Å². The second-order valence-electron chi connectivity index (χ2n) is 17.8. The summed E-state index contributed by atoms with van der Waals surface area (Å²) >= 11 is 0. The molecule has 0 heterocycles. The van der Waals surface area contributed by atoms with Crippen molar-refractivity contribution in [3.8, 4) is 0 Å². The number of hydrogen-bond donors (Lipinski definition) is 0. The van der Waals surface area contributed by atoms with Crippen LogP contribution in [0, 0.1) is 0 Å². The van der Waals surface area contributed by atoms with E-state index < -0.39 is 6.10 Å². The molecule has 0 saturated carbocycles. The van der Waals surface area contributed by atoms with E-state index in [2.05, 4.69) is 57.2 Å². The van der Waals surface area contributed by atoms with Crippen LogP contribution < -0.4 is 0 Å². The molecule has 0 radical (unpaired) electrons. The third kappa shape index (κ3) is 48.5. The molecule has 0 aliphatic rings. The predicted octanol–water partition coefficient (Wildman–Crippen LogP) is 17.3. The molecule has 0 fully saturated rings. The summed E-state index contributed by atoms with van der Waals surface area (Å²) in [7, 11) is 0. The van der Waals surface area contributed by atoms with E-state index in [9.17, 15) is 14.4 Å². The number of hydrogen-bond acceptors (Lipinski definition) is 6. The van der Waals surface area contributed by atoms with Crippen molar-refractivity contribution in [2.45, 2.75) is 284 Å². The lowest BCUT2D eigenvalue weighted by atomic mass is 10.1. The zero-order valence-corrected chi connectivity index (χ0v) is 40.7. The summed E-state index contributed by atoms with van der Waals surface area (Å²) in [5.74, 6) is -0.890. The normalized spacial score (nSPS) is 12.2. The van der Waals surface area contributed by atoms with Gasteiger partial charge < -0.3 is 14.2 Å². The molecule has 1 atom stereocenters. The Kier molecular flexibility index (Phi) is 48.3. The molecule has 0 aromatic carbocycles. The number of carbonyl (C=O) groups excluding carboxylic acids is 3. The SMILES string of the molecule is CCCCC/C=C\CCCCCCCC(=O)OCC(COC(=O)CCCCCCCCCCC/C=C\CCCCCCCC)OC(=O)CCCCCCC/C=C\CCCCC.